The van der Waals surface area contributed by atoms with Crippen LogP contribution in [0.5, 0.6) is 0 Å². The Hall–Kier alpha value is -1.91. The molecule has 3 rings (SSSR count). The molecule has 1 heterocycles. The molecule has 0 saturated heterocycles. The summed E-state index contributed by atoms with van der Waals surface area (Å²) in [6, 6.07) is 2.79. The van der Waals surface area contributed by atoms with Gasteiger partial charge in [0.25, 0.3) is 0 Å². The van der Waals surface area contributed by atoms with Crippen LogP contribution in [0.4, 0.5) is 5.82 Å². The monoisotopic (exact) mass is 246 g/mol. The molecule has 0 bridgehead atoms. The lowest BCUT2D eigenvalue weighted by atomic mass is 10.0. The third-order valence-electron chi connectivity index (χ3n) is 3.87. The van der Waals surface area contributed by atoms with Gasteiger partial charge in [-0.3, -0.25) is 4.79 Å². The van der Waals surface area contributed by atoms with E-state index in [2.05, 4.69) is 10.3 Å². The third kappa shape index (κ3) is 2.08. The molecule has 0 radical (unpaired) electrons. The molecule has 2 aliphatic carbocycles. The van der Waals surface area contributed by atoms with E-state index in [0.717, 1.165) is 24.7 Å². The predicted molar refractivity (Wildman–Crippen MR) is 64.1 cm³/mol. The van der Waals surface area contributed by atoms with Gasteiger partial charge in [-0.05, 0) is 43.2 Å². The van der Waals surface area contributed by atoms with Crippen molar-refractivity contribution in [1.82, 2.24) is 4.98 Å². The maximum atomic E-state index is 12.0. The van der Waals surface area contributed by atoms with Crippen LogP contribution in [-0.2, 0) is 4.79 Å². The van der Waals surface area contributed by atoms with E-state index < -0.39 is 5.97 Å². The minimum absolute atomic E-state index is 0.0303. The number of carboxylic acid groups (broad SMARTS) is 1. The quantitative estimate of drug-likeness (QED) is 0.851. The van der Waals surface area contributed by atoms with Crippen molar-refractivity contribution in [2.75, 3.05) is 5.32 Å². The zero-order valence-electron chi connectivity index (χ0n) is 9.80. The molecule has 5 heteroatoms. The van der Waals surface area contributed by atoms with Gasteiger partial charge < -0.3 is 10.4 Å². The van der Waals surface area contributed by atoms with Gasteiger partial charge in [-0.2, -0.15) is 0 Å². The maximum Gasteiger partial charge on any atom is 0.335 e. The Kier molecular flexibility index (Phi) is 2.54. The number of pyridine rings is 1. The van der Waals surface area contributed by atoms with Crippen molar-refractivity contribution in [3.05, 3.63) is 23.9 Å². The lowest BCUT2D eigenvalue weighted by Crippen LogP contribution is -2.22. The van der Waals surface area contributed by atoms with E-state index in [1.807, 2.05) is 0 Å². The van der Waals surface area contributed by atoms with Crippen LogP contribution >= 0.6 is 0 Å². The van der Waals surface area contributed by atoms with E-state index in [9.17, 15) is 9.59 Å². The van der Waals surface area contributed by atoms with Gasteiger partial charge in [-0.25, -0.2) is 9.78 Å². The summed E-state index contributed by atoms with van der Waals surface area (Å²) < 4.78 is 0. The molecule has 1 aromatic heterocycles. The Labute approximate surface area is 104 Å². The number of hydrogen-bond acceptors (Lipinski definition) is 3. The van der Waals surface area contributed by atoms with Crippen LogP contribution in [0.2, 0.25) is 0 Å². The molecule has 2 N–H and O–H groups in total. The van der Waals surface area contributed by atoms with Crippen molar-refractivity contribution in [2.45, 2.75) is 19.3 Å². The highest BCUT2D eigenvalue weighted by molar-refractivity contribution is 5.94. The van der Waals surface area contributed by atoms with Crippen molar-refractivity contribution in [3.8, 4) is 0 Å². The summed E-state index contributed by atoms with van der Waals surface area (Å²) in [5.41, 5.74) is 0.134. The van der Waals surface area contributed by atoms with Gasteiger partial charge in [-0.15, -0.1) is 0 Å². The van der Waals surface area contributed by atoms with Crippen molar-refractivity contribution < 1.29 is 14.7 Å². The van der Waals surface area contributed by atoms with Crippen LogP contribution in [0, 0.1) is 17.8 Å². The third-order valence-corrected chi connectivity index (χ3v) is 3.87. The molecule has 2 atom stereocenters. The number of nitrogens with one attached hydrogen (secondary N) is 1. The van der Waals surface area contributed by atoms with Gasteiger partial charge in [0.1, 0.15) is 5.82 Å². The maximum absolute atomic E-state index is 12.0. The Morgan fingerprint density at radius 2 is 2.00 bits per heavy atom. The summed E-state index contributed by atoms with van der Waals surface area (Å²) in [6.45, 7) is 0. The number of carbonyl (C=O) groups is 2. The first-order valence-corrected chi connectivity index (χ1v) is 6.13. The molecule has 2 saturated carbocycles. The molecule has 5 nitrogen and oxygen atoms in total. The SMILES string of the molecule is O=C(O)c1ccnc(NC(=O)C2CC3CC3C2)c1. The second-order valence-corrected chi connectivity index (χ2v) is 5.15. The van der Waals surface area contributed by atoms with Crippen molar-refractivity contribution >= 4 is 17.7 Å². The highest BCUT2D eigenvalue weighted by atomic mass is 16.4. The highest BCUT2D eigenvalue weighted by Gasteiger charge is 2.48. The molecule has 18 heavy (non-hydrogen) atoms. The molecule has 1 aromatic rings. The summed E-state index contributed by atoms with van der Waals surface area (Å²) in [5, 5.41) is 11.6. The van der Waals surface area contributed by atoms with E-state index in [1.165, 1.54) is 24.8 Å². The minimum atomic E-state index is -1.02. The van der Waals surface area contributed by atoms with Gasteiger partial charge in [0.05, 0.1) is 5.56 Å². The summed E-state index contributed by atoms with van der Waals surface area (Å²) >= 11 is 0. The Morgan fingerprint density at radius 3 is 2.67 bits per heavy atom. The number of rotatable bonds is 3. The molecule has 1 amide bonds. The first kappa shape index (κ1) is 11.2. The molecule has 2 aliphatic rings. The molecule has 2 unspecified atom stereocenters. The van der Waals surface area contributed by atoms with E-state index in [0.29, 0.717) is 5.82 Å². The van der Waals surface area contributed by atoms with Crippen LogP contribution in [0.1, 0.15) is 29.6 Å². The zero-order chi connectivity index (χ0) is 12.7. The molecule has 2 fully saturated rings. The van der Waals surface area contributed by atoms with Crippen molar-refractivity contribution in [2.24, 2.45) is 17.8 Å². The number of carbonyl (C=O) groups excluding carboxylic acids is 1. The highest BCUT2D eigenvalue weighted by Crippen LogP contribution is 2.54. The fourth-order valence-electron chi connectivity index (χ4n) is 2.79. The average Bonchev–Trinajstić information content (AvgIpc) is 2.96. The smallest absolute Gasteiger partial charge is 0.335 e. The Balaban J connectivity index is 1.66. The van der Waals surface area contributed by atoms with E-state index in [4.69, 9.17) is 5.11 Å². The number of carboxylic acids is 1. The predicted octanol–water partition coefficient (Wildman–Crippen LogP) is 1.76. The summed E-state index contributed by atoms with van der Waals surface area (Å²) in [7, 11) is 0. The van der Waals surface area contributed by atoms with Gasteiger partial charge in [0, 0.05) is 12.1 Å². The average molecular weight is 246 g/mol. The molecule has 0 aliphatic heterocycles. The van der Waals surface area contributed by atoms with Crippen LogP contribution in [0.15, 0.2) is 18.3 Å². The minimum Gasteiger partial charge on any atom is -0.478 e. The number of aromatic carboxylic acids is 1. The fourth-order valence-corrected chi connectivity index (χ4v) is 2.79. The van der Waals surface area contributed by atoms with Crippen molar-refractivity contribution in [3.63, 3.8) is 0 Å². The van der Waals surface area contributed by atoms with Gasteiger partial charge >= 0.3 is 5.97 Å². The number of fused-ring (bicyclic) bond motifs is 1. The summed E-state index contributed by atoms with van der Waals surface area (Å²) in [5.74, 6) is 0.842. The number of amides is 1. The largest absolute Gasteiger partial charge is 0.478 e. The number of nitrogens with zero attached hydrogens (tertiary/aromatic N) is 1. The number of anilines is 1. The second kappa shape index (κ2) is 4.08. The number of aromatic nitrogens is 1. The van der Waals surface area contributed by atoms with Crippen LogP contribution in [-0.4, -0.2) is 22.0 Å². The second-order valence-electron chi connectivity index (χ2n) is 5.15. The molecule has 0 spiro atoms. The summed E-state index contributed by atoms with van der Waals surface area (Å²) in [4.78, 5) is 26.7. The van der Waals surface area contributed by atoms with Gasteiger partial charge in [0.15, 0.2) is 0 Å². The lowest BCUT2D eigenvalue weighted by Gasteiger charge is -2.11. The lowest BCUT2D eigenvalue weighted by molar-refractivity contribution is -0.120. The molecule has 0 aromatic carbocycles. The van der Waals surface area contributed by atoms with Crippen LogP contribution in [0.3, 0.4) is 0 Å². The van der Waals surface area contributed by atoms with Crippen LogP contribution in [0.25, 0.3) is 0 Å². The normalized spacial score (nSPS) is 28.6. The zero-order valence-corrected chi connectivity index (χ0v) is 9.80. The van der Waals surface area contributed by atoms with E-state index in [-0.39, 0.29) is 17.4 Å². The standard InChI is InChI=1S/C13H14N2O3/c16-12(10-4-8-3-9(8)5-10)15-11-6-7(13(17)18)1-2-14-11/h1-2,6,8-10H,3-5H2,(H,17,18)(H,14,15,16). The molecule has 94 valence electrons. The van der Waals surface area contributed by atoms with Gasteiger partial charge in [0.2, 0.25) is 5.91 Å². The first-order valence-electron chi connectivity index (χ1n) is 6.13. The first-order chi connectivity index (χ1) is 8.63. The topological polar surface area (TPSA) is 79.3 Å². The molecular formula is C13H14N2O3. The van der Waals surface area contributed by atoms with Crippen LogP contribution < -0.4 is 5.32 Å². The Bertz CT molecular complexity index is 505. The van der Waals surface area contributed by atoms with Gasteiger partial charge in [-0.1, -0.05) is 0 Å². The fraction of sp³-hybridized carbons (Fsp3) is 0.462. The number of hydrogen-bond donors (Lipinski definition) is 2. The summed E-state index contributed by atoms with van der Waals surface area (Å²) in [6.07, 6.45) is 4.60. The molecular weight excluding hydrogens is 232 g/mol. The van der Waals surface area contributed by atoms with E-state index >= 15 is 0 Å². The van der Waals surface area contributed by atoms with E-state index in [1.54, 1.807) is 0 Å². The Morgan fingerprint density at radius 1 is 1.28 bits per heavy atom. The van der Waals surface area contributed by atoms with Crippen molar-refractivity contribution in [1.29, 1.82) is 0 Å².